The van der Waals surface area contributed by atoms with Gasteiger partial charge in [0, 0.05) is 4.90 Å². The van der Waals surface area contributed by atoms with Crippen molar-refractivity contribution in [2.24, 2.45) is 0 Å². The van der Waals surface area contributed by atoms with E-state index in [4.69, 9.17) is 9.84 Å². The fourth-order valence-electron chi connectivity index (χ4n) is 1.75. The topological polar surface area (TPSA) is 63.6 Å². The number of carboxylic acids is 1. The van der Waals surface area contributed by atoms with Crippen LogP contribution in [-0.4, -0.2) is 28.9 Å². The summed E-state index contributed by atoms with van der Waals surface area (Å²) in [7, 11) is 0. The predicted molar refractivity (Wildman–Crippen MR) is 79.0 cm³/mol. The number of carbonyl (C=O) groups is 2. The maximum atomic E-state index is 11.8. The smallest absolute Gasteiger partial charge is 0.319 e. The van der Waals surface area contributed by atoms with Crippen LogP contribution in [0.15, 0.2) is 29.2 Å². The number of aliphatic carboxylic acids is 1. The first-order valence-corrected chi connectivity index (χ1v) is 7.58. The van der Waals surface area contributed by atoms with Gasteiger partial charge in [-0.05, 0) is 31.0 Å². The Hall–Kier alpha value is -1.49. The van der Waals surface area contributed by atoms with Gasteiger partial charge < -0.3 is 9.84 Å². The molecule has 0 radical (unpaired) electrons. The standard InChI is InChI=1S/C15H20O4S/c1-3-5-13(15(18)19-4-2)20-12-8-6-11(7-9-12)10-14(16)17/h6-9,13H,3-5,10H2,1-2H3,(H,16,17). The van der Waals surface area contributed by atoms with E-state index >= 15 is 0 Å². The van der Waals surface area contributed by atoms with Gasteiger partial charge in [0.05, 0.1) is 13.0 Å². The fourth-order valence-corrected chi connectivity index (χ4v) is 2.89. The molecule has 1 unspecified atom stereocenters. The lowest BCUT2D eigenvalue weighted by molar-refractivity contribution is -0.142. The summed E-state index contributed by atoms with van der Waals surface area (Å²) in [6.07, 6.45) is 1.69. The van der Waals surface area contributed by atoms with Gasteiger partial charge in [0.15, 0.2) is 0 Å². The number of carboxylic acid groups (broad SMARTS) is 1. The third-order valence-corrected chi connectivity index (χ3v) is 3.91. The Morgan fingerprint density at radius 2 is 1.90 bits per heavy atom. The summed E-state index contributed by atoms with van der Waals surface area (Å²) in [5.41, 5.74) is 0.755. The highest BCUT2D eigenvalue weighted by molar-refractivity contribution is 8.00. The van der Waals surface area contributed by atoms with Crippen molar-refractivity contribution in [2.45, 2.75) is 43.3 Å². The molecule has 0 amide bonds. The highest BCUT2D eigenvalue weighted by atomic mass is 32.2. The van der Waals surface area contributed by atoms with Crippen molar-refractivity contribution < 1.29 is 19.4 Å². The molecule has 5 heteroatoms. The number of hydrogen-bond acceptors (Lipinski definition) is 4. The zero-order valence-corrected chi connectivity index (χ0v) is 12.6. The Morgan fingerprint density at radius 3 is 2.40 bits per heavy atom. The SMILES string of the molecule is CCCC(Sc1ccc(CC(=O)O)cc1)C(=O)OCC. The third-order valence-electron chi connectivity index (χ3n) is 2.66. The lowest BCUT2D eigenvalue weighted by atomic mass is 10.2. The van der Waals surface area contributed by atoms with Gasteiger partial charge in [-0.15, -0.1) is 11.8 Å². The van der Waals surface area contributed by atoms with Crippen LogP contribution >= 0.6 is 11.8 Å². The molecule has 0 heterocycles. The molecule has 0 aliphatic carbocycles. The number of rotatable bonds is 8. The van der Waals surface area contributed by atoms with Crippen molar-refractivity contribution in [3.8, 4) is 0 Å². The molecule has 0 aromatic heterocycles. The maximum Gasteiger partial charge on any atom is 0.319 e. The molecule has 110 valence electrons. The Labute approximate surface area is 123 Å². The summed E-state index contributed by atoms with van der Waals surface area (Å²) in [5.74, 6) is -1.03. The average Bonchev–Trinajstić information content (AvgIpc) is 2.40. The molecule has 0 saturated carbocycles. The Bertz CT molecular complexity index is 442. The number of esters is 1. The van der Waals surface area contributed by atoms with Crippen LogP contribution in [0.2, 0.25) is 0 Å². The van der Waals surface area contributed by atoms with E-state index < -0.39 is 5.97 Å². The van der Waals surface area contributed by atoms with Crippen LogP contribution in [0.5, 0.6) is 0 Å². The minimum Gasteiger partial charge on any atom is -0.481 e. The van der Waals surface area contributed by atoms with Gasteiger partial charge in [-0.2, -0.15) is 0 Å². The van der Waals surface area contributed by atoms with Gasteiger partial charge in [-0.3, -0.25) is 9.59 Å². The van der Waals surface area contributed by atoms with E-state index in [0.717, 1.165) is 23.3 Å². The van der Waals surface area contributed by atoms with Gasteiger partial charge in [0.25, 0.3) is 0 Å². The van der Waals surface area contributed by atoms with E-state index in [2.05, 4.69) is 0 Å². The average molecular weight is 296 g/mol. The molecule has 4 nitrogen and oxygen atoms in total. The number of ether oxygens (including phenoxy) is 1. The van der Waals surface area contributed by atoms with Crippen LogP contribution in [0.4, 0.5) is 0 Å². The summed E-state index contributed by atoms with van der Waals surface area (Å²) < 4.78 is 5.07. The largest absolute Gasteiger partial charge is 0.481 e. The second-order valence-electron chi connectivity index (χ2n) is 4.36. The summed E-state index contributed by atoms with van der Waals surface area (Å²) in [4.78, 5) is 23.4. The van der Waals surface area contributed by atoms with Crippen LogP contribution in [-0.2, 0) is 20.7 Å². The zero-order chi connectivity index (χ0) is 15.0. The highest BCUT2D eigenvalue weighted by Crippen LogP contribution is 2.27. The molecule has 1 N–H and O–H groups in total. The summed E-state index contributed by atoms with van der Waals surface area (Å²) >= 11 is 1.47. The van der Waals surface area contributed by atoms with Crippen LogP contribution in [0, 0.1) is 0 Å². The highest BCUT2D eigenvalue weighted by Gasteiger charge is 2.20. The molecule has 0 saturated heterocycles. The number of carbonyl (C=O) groups excluding carboxylic acids is 1. The molecule has 0 fully saturated rings. The fraction of sp³-hybridized carbons (Fsp3) is 0.467. The second kappa shape index (κ2) is 8.64. The lowest BCUT2D eigenvalue weighted by Gasteiger charge is -2.14. The molecule has 20 heavy (non-hydrogen) atoms. The Kier molecular flexibility index (Phi) is 7.15. The second-order valence-corrected chi connectivity index (χ2v) is 5.64. The Morgan fingerprint density at radius 1 is 1.25 bits per heavy atom. The molecular formula is C15H20O4S. The maximum absolute atomic E-state index is 11.8. The van der Waals surface area contributed by atoms with Crippen molar-refractivity contribution in [3.05, 3.63) is 29.8 Å². The van der Waals surface area contributed by atoms with Crippen LogP contribution in [0.3, 0.4) is 0 Å². The minimum atomic E-state index is -0.846. The predicted octanol–water partition coefficient (Wildman–Crippen LogP) is 3.14. The van der Waals surface area contributed by atoms with E-state index in [0.29, 0.717) is 6.61 Å². The van der Waals surface area contributed by atoms with Crippen molar-refractivity contribution in [1.29, 1.82) is 0 Å². The zero-order valence-electron chi connectivity index (χ0n) is 11.8. The van der Waals surface area contributed by atoms with Crippen LogP contribution in [0.25, 0.3) is 0 Å². The molecule has 1 aromatic rings. The minimum absolute atomic E-state index is 0.0151. The molecule has 1 atom stereocenters. The van der Waals surface area contributed by atoms with Crippen molar-refractivity contribution in [3.63, 3.8) is 0 Å². The van der Waals surface area contributed by atoms with E-state index in [1.165, 1.54) is 11.8 Å². The van der Waals surface area contributed by atoms with E-state index in [1.807, 2.05) is 19.1 Å². The number of hydrogen-bond donors (Lipinski definition) is 1. The molecule has 0 aliphatic heterocycles. The normalized spacial score (nSPS) is 11.9. The van der Waals surface area contributed by atoms with Gasteiger partial charge in [0.2, 0.25) is 0 Å². The van der Waals surface area contributed by atoms with E-state index in [-0.39, 0.29) is 17.6 Å². The van der Waals surface area contributed by atoms with Gasteiger partial charge in [-0.1, -0.05) is 25.5 Å². The summed E-state index contributed by atoms with van der Waals surface area (Å²) in [6.45, 7) is 4.21. The van der Waals surface area contributed by atoms with Gasteiger partial charge in [0.1, 0.15) is 5.25 Å². The number of thioether (sulfide) groups is 1. The molecule has 1 rings (SSSR count). The van der Waals surface area contributed by atoms with Gasteiger partial charge >= 0.3 is 11.9 Å². The molecule has 1 aromatic carbocycles. The lowest BCUT2D eigenvalue weighted by Crippen LogP contribution is -2.20. The first kappa shape index (κ1) is 16.6. The Balaban J connectivity index is 2.68. The first-order valence-electron chi connectivity index (χ1n) is 6.70. The van der Waals surface area contributed by atoms with E-state index in [9.17, 15) is 9.59 Å². The van der Waals surface area contributed by atoms with E-state index in [1.54, 1.807) is 19.1 Å². The van der Waals surface area contributed by atoms with Crippen molar-refractivity contribution >= 4 is 23.7 Å². The first-order chi connectivity index (χ1) is 9.56. The van der Waals surface area contributed by atoms with Crippen molar-refractivity contribution in [2.75, 3.05) is 6.61 Å². The van der Waals surface area contributed by atoms with Crippen LogP contribution < -0.4 is 0 Å². The quantitative estimate of drug-likeness (QED) is 0.590. The monoisotopic (exact) mass is 296 g/mol. The van der Waals surface area contributed by atoms with Crippen molar-refractivity contribution in [1.82, 2.24) is 0 Å². The molecule has 0 bridgehead atoms. The summed E-state index contributed by atoms with van der Waals surface area (Å²) in [5, 5.41) is 8.51. The third kappa shape index (κ3) is 5.65. The molecule has 0 spiro atoms. The number of benzene rings is 1. The molecule has 0 aliphatic rings. The summed E-state index contributed by atoms with van der Waals surface area (Å²) in [6, 6.07) is 7.27. The molecular weight excluding hydrogens is 276 g/mol. The van der Waals surface area contributed by atoms with Gasteiger partial charge in [-0.25, -0.2) is 0 Å². The van der Waals surface area contributed by atoms with Crippen LogP contribution in [0.1, 0.15) is 32.3 Å².